The number of hydrogen-bond acceptors (Lipinski definition) is 4. The number of carbonyl (C=O) groups excluding carboxylic acids is 1. The Morgan fingerprint density at radius 1 is 1.21 bits per heavy atom. The molecule has 29 heavy (non-hydrogen) atoms. The summed E-state index contributed by atoms with van der Waals surface area (Å²) in [5.74, 6) is -0.382. The molecular formula is C20H18F3N5O. The SMILES string of the molecule is NC=C(C=NCC(F)(F)F)CNC(=O)c1ccc(-c2nccc3[nH]ccc23)cc1. The molecular weight excluding hydrogens is 383 g/mol. The Morgan fingerprint density at radius 3 is 2.66 bits per heavy atom. The number of amides is 1. The van der Waals surface area contributed by atoms with Crippen molar-refractivity contribution in [2.45, 2.75) is 6.18 Å². The average molecular weight is 401 g/mol. The molecule has 0 aliphatic heterocycles. The largest absolute Gasteiger partial charge is 0.407 e. The van der Waals surface area contributed by atoms with Crippen molar-refractivity contribution in [1.82, 2.24) is 15.3 Å². The molecule has 150 valence electrons. The highest BCUT2D eigenvalue weighted by Crippen LogP contribution is 2.25. The number of aromatic nitrogens is 2. The van der Waals surface area contributed by atoms with Gasteiger partial charge in [0.05, 0.1) is 5.69 Å². The van der Waals surface area contributed by atoms with Gasteiger partial charge in [0.25, 0.3) is 5.91 Å². The number of H-pyrrole nitrogens is 1. The lowest BCUT2D eigenvalue weighted by Gasteiger charge is -2.07. The van der Waals surface area contributed by atoms with E-state index in [1.165, 1.54) is 0 Å². The second kappa shape index (κ2) is 8.59. The van der Waals surface area contributed by atoms with E-state index in [0.29, 0.717) is 5.56 Å². The van der Waals surface area contributed by atoms with Gasteiger partial charge in [0.2, 0.25) is 0 Å². The minimum absolute atomic E-state index is 0.0390. The van der Waals surface area contributed by atoms with Crippen LogP contribution in [0.2, 0.25) is 0 Å². The summed E-state index contributed by atoms with van der Waals surface area (Å²) in [6, 6.07) is 10.7. The Kier molecular flexibility index (Phi) is 5.96. The van der Waals surface area contributed by atoms with Crippen LogP contribution < -0.4 is 11.1 Å². The van der Waals surface area contributed by atoms with Crippen molar-refractivity contribution in [2.24, 2.45) is 10.7 Å². The number of rotatable bonds is 6. The van der Waals surface area contributed by atoms with Gasteiger partial charge in [-0.15, -0.1) is 0 Å². The number of nitrogens with zero attached hydrogens (tertiary/aromatic N) is 2. The van der Waals surface area contributed by atoms with Gasteiger partial charge in [-0.05, 0) is 24.3 Å². The van der Waals surface area contributed by atoms with Crippen molar-refractivity contribution in [3.8, 4) is 11.3 Å². The molecule has 2 aromatic heterocycles. The Morgan fingerprint density at radius 2 is 1.97 bits per heavy atom. The molecule has 1 amide bonds. The monoisotopic (exact) mass is 401 g/mol. The van der Waals surface area contributed by atoms with Crippen molar-refractivity contribution in [3.63, 3.8) is 0 Å². The normalized spacial score (nSPS) is 12.6. The molecule has 0 unspecified atom stereocenters. The first-order chi connectivity index (χ1) is 13.9. The average Bonchev–Trinajstić information content (AvgIpc) is 3.18. The van der Waals surface area contributed by atoms with Crippen molar-refractivity contribution in [1.29, 1.82) is 0 Å². The number of pyridine rings is 1. The Bertz CT molecular complexity index is 1050. The van der Waals surface area contributed by atoms with Crippen LogP contribution in [0.1, 0.15) is 10.4 Å². The van der Waals surface area contributed by atoms with Crippen molar-refractivity contribution in [3.05, 3.63) is 66.1 Å². The summed E-state index contributed by atoms with van der Waals surface area (Å²) in [6.45, 7) is -1.34. The molecule has 0 radical (unpaired) electrons. The number of aliphatic imine (C=N–C) groups is 1. The fourth-order valence-electron chi connectivity index (χ4n) is 2.69. The van der Waals surface area contributed by atoms with Gasteiger partial charge < -0.3 is 16.0 Å². The summed E-state index contributed by atoms with van der Waals surface area (Å²) in [6.07, 6.45) is 1.25. The molecule has 0 saturated carbocycles. The fraction of sp³-hybridized carbons (Fsp3) is 0.150. The first-order valence-electron chi connectivity index (χ1n) is 8.65. The van der Waals surface area contributed by atoms with E-state index in [9.17, 15) is 18.0 Å². The summed E-state index contributed by atoms with van der Waals surface area (Å²) in [5, 5.41) is 3.57. The highest BCUT2D eigenvalue weighted by molar-refractivity contribution is 5.97. The van der Waals surface area contributed by atoms with Gasteiger partial charge in [0.1, 0.15) is 6.54 Å². The molecule has 0 atom stereocenters. The Labute approximate surface area is 164 Å². The topological polar surface area (TPSA) is 96.2 Å². The van der Waals surface area contributed by atoms with Gasteiger partial charge in [-0.1, -0.05) is 12.1 Å². The van der Waals surface area contributed by atoms with E-state index >= 15 is 0 Å². The number of carbonyl (C=O) groups is 1. The quantitative estimate of drug-likeness (QED) is 0.552. The van der Waals surface area contributed by atoms with Crippen LogP contribution in [0.4, 0.5) is 13.2 Å². The second-order valence-electron chi connectivity index (χ2n) is 6.19. The van der Waals surface area contributed by atoms with E-state index in [-0.39, 0.29) is 18.0 Å². The zero-order valence-electron chi connectivity index (χ0n) is 15.2. The van der Waals surface area contributed by atoms with E-state index in [1.54, 1.807) is 30.5 Å². The van der Waals surface area contributed by atoms with Crippen molar-refractivity contribution < 1.29 is 18.0 Å². The van der Waals surface area contributed by atoms with Crippen LogP contribution in [0.25, 0.3) is 22.2 Å². The third kappa shape index (κ3) is 5.22. The van der Waals surface area contributed by atoms with Crippen LogP contribution in [0.3, 0.4) is 0 Å². The molecule has 3 rings (SSSR count). The maximum absolute atomic E-state index is 12.3. The maximum Gasteiger partial charge on any atom is 0.407 e. The molecule has 9 heteroatoms. The van der Waals surface area contributed by atoms with E-state index in [4.69, 9.17) is 5.73 Å². The van der Waals surface area contributed by atoms with Crippen LogP contribution in [0, 0.1) is 0 Å². The van der Waals surface area contributed by atoms with Crippen LogP contribution in [0.15, 0.2) is 65.6 Å². The number of alkyl halides is 3. The molecule has 0 saturated heterocycles. The number of hydrogen-bond donors (Lipinski definition) is 3. The lowest BCUT2D eigenvalue weighted by atomic mass is 10.1. The summed E-state index contributed by atoms with van der Waals surface area (Å²) in [4.78, 5) is 23.1. The summed E-state index contributed by atoms with van der Waals surface area (Å²) >= 11 is 0. The zero-order chi connectivity index (χ0) is 20.9. The van der Waals surface area contributed by atoms with Gasteiger partial charge in [-0.2, -0.15) is 13.2 Å². The van der Waals surface area contributed by atoms with Gasteiger partial charge >= 0.3 is 6.18 Å². The predicted molar refractivity (Wildman–Crippen MR) is 106 cm³/mol. The molecule has 0 bridgehead atoms. The van der Waals surface area contributed by atoms with Gasteiger partial charge in [0.15, 0.2) is 0 Å². The summed E-state index contributed by atoms with van der Waals surface area (Å²) in [5.41, 5.74) is 8.66. The second-order valence-corrected chi connectivity index (χ2v) is 6.19. The summed E-state index contributed by atoms with van der Waals surface area (Å²) in [7, 11) is 0. The van der Waals surface area contributed by atoms with Crippen molar-refractivity contribution in [2.75, 3.05) is 13.1 Å². The highest BCUT2D eigenvalue weighted by Gasteiger charge is 2.25. The Balaban J connectivity index is 1.64. The molecule has 4 N–H and O–H groups in total. The van der Waals surface area contributed by atoms with Crippen LogP contribution >= 0.6 is 0 Å². The highest BCUT2D eigenvalue weighted by atomic mass is 19.4. The van der Waals surface area contributed by atoms with E-state index in [1.807, 2.05) is 18.3 Å². The minimum Gasteiger partial charge on any atom is -0.404 e. The van der Waals surface area contributed by atoms with Crippen LogP contribution in [-0.4, -0.2) is 41.4 Å². The number of nitrogens with one attached hydrogen (secondary N) is 2. The number of aromatic amines is 1. The van der Waals surface area contributed by atoms with Gasteiger partial charge in [0, 0.05) is 59.0 Å². The first kappa shape index (κ1) is 20.1. The zero-order valence-corrected chi connectivity index (χ0v) is 15.2. The number of benzene rings is 1. The molecule has 0 spiro atoms. The molecule has 2 heterocycles. The summed E-state index contributed by atoms with van der Waals surface area (Å²) < 4.78 is 36.4. The van der Waals surface area contributed by atoms with Crippen molar-refractivity contribution >= 4 is 23.0 Å². The first-order valence-corrected chi connectivity index (χ1v) is 8.65. The third-order valence-electron chi connectivity index (χ3n) is 4.09. The molecule has 3 aromatic rings. The van der Waals surface area contributed by atoms with E-state index < -0.39 is 12.7 Å². The number of halogens is 3. The van der Waals surface area contributed by atoms with E-state index in [2.05, 4.69) is 20.3 Å². The van der Waals surface area contributed by atoms with E-state index in [0.717, 1.165) is 34.6 Å². The fourth-order valence-corrected chi connectivity index (χ4v) is 2.69. The van der Waals surface area contributed by atoms with Crippen LogP contribution in [0.5, 0.6) is 0 Å². The third-order valence-corrected chi connectivity index (χ3v) is 4.09. The molecule has 0 fully saturated rings. The number of fused-ring (bicyclic) bond motifs is 1. The minimum atomic E-state index is -4.39. The maximum atomic E-state index is 12.3. The van der Waals surface area contributed by atoms with Gasteiger partial charge in [-0.3, -0.25) is 14.8 Å². The predicted octanol–water partition coefficient (Wildman–Crippen LogP) is 3.44. The molecule has 0 aliphatic carbocycles. The molecule has 1 aromatic carbocycles. The number of nitrogens with two attached hydrogens (primary N) is 1. The smallest absolute Gasteiger partial charge is 0.404 e. The molecule has 6 nitrogen and oxygen atoms in total. The standard InChI is InChI=1S/C20H18F3N5O/c21-20(22,23)12-25-10-13(9-24)11-28-19(29)15-3-1-14(2-4-15)18-16-5-7-26-17(16)6-8-27-18/h1-10,26H,11-12,24H2,(H,28,29). The van der Waals surface area contributed by atoms with Crippen LogP contribution in [-0.2, 0) is 0 Å². The Hall–Kier alpha value is -3.62. The molecule has 0 aliphatic rings. The van der Waals surface area contributed by atoms with Gasteiger partial charge in [-0.25, -0.2) is 0 Å². The lowest BCUT2D eigenvalue weighted by Crippen LogP contribution is -2.26. The lowest BCUT2D eigenvalue weighted by molar-refractivity contribution is -0.118.